The number of aliphatic hydroxyl groups is 1. The molecule has 1 atom stereocenters. The van der Waals surface area contributed by atoms with E-state index in [4.69, 9.17) is 0 Å². The third kappa shape index (κ3) is 3.25. The minimum Gasteiger partial charge on any atom is -0.391 e. The Bertz CT molecular complexity index is 193. The fourth-order valence-electron chi connectivity index (χ4n) is 1.90. The van der Waals surface area contributed by atoms with Crippen LogP contribution >= 0.6 is 0 Å². The first kappa shape index (κ1) is 12.0. The summed E-state index contributed by atoms with van der Waals surface area (Å²) in [5.74, 6) is 0. The monoisotopic (exact) mass is 199 g/mol. The van der Waals surface area contributed by atoms with Crippen LogP contribution in [0.1, 0.15) is 41.0 Å². The molecule has 0 aliphatic carbocycles. The van der Waals surface area contributed by atoms with Crippen molar-refractivity contribution >= 4 is 0 Å². The van der Waals surface area contributed by atoms with Crippen LogP contribution in [0.5, 0.6) is 0 Å². The average molecular weight is 199 g/mol. The maximum Gasteiger partial charge on any atom is 0.0730 e. The Kier molecular flexibility index (Phi) is 3.27. The summed E-state index contributed by atoms with van der Waals surface area (Å²) in [4.78, 5) is 2.38. The average Bonchev–Trinajstić information content (AvgIpc) is 2.21. The van der Waals surface area contributed by atoms with E-state index < -0.39 is 0 Å². The highest BCUT2D eigenvalue weighted by molar-refractivity contribution is 4.90. The molecular formula is C12H25NO. The van der Waals surface area contributed by atoms with E-state index in [1.54, 1.807) is 0 Å². The molecule has 0 aromatic rings. The summed E-state index contributed by atoms with van der Waals surface area (Å²) in [6, 6.07) is 0. The lowest BCUT2D eigenvalue weighted by molar-refractivity contribution is 0.0954. The van der Waals surface area contributed by atoms with Crippen molar-refractivity contribution in [1.82, 2.24) is 4.90 Å². The summed E-state index contributed by atoms with van der Waals surface area (Å²) in [7, 11) is 0. The third-order valence-corrected chi connectivity index (χ3v) is 3.14. The summed E-state index contributed by atoms with van der Waals surface area (Å²) in [5, 5.41) is 9.82. The molecule has 0 radical (unpaired) electrons. The topological polar surface area (TPSA) is 23.5 Å². The van der Waals surface area contributed by atoms with Crippen LogP contribution in [0.25, 0.3) is 0 Å². The zero-order valence-corrected chi connectivity index (χ0v) is 10.3. The standard InChI is InChI=1S/C12H25NO/c1-11(2,3)6-7-13-8-10(14)12(4,5)9-13/h10,14H,6-9H2,1-5H3. The van der Waals surface area contributed by atoms with Gasteiger partial charge in [-0.2, -0.15) is 0 Å². The minimum atomic E-state index is -0.150. The Morgan fingerprint density at radius 1 is 1.36 bits per heavy atom. The molecule has 0 saturated carbocycles. The highest BCUT2D eigenvalue weighted by Crippen LogP contribution is 2.30. The Morgan fingerprint density at radius 2 is 1.93 bits per heavy atom. The maximum absolute atomic E-state index is 9.82. The summed E-state index contributed by atoms with van der Waals surface area (Å²) >= 11 is 0. The summed E-state index contributed by atoms with van der Waals surface area (Å²) in [6.45, 7) is 14.1. The molecule has 0 spiro atoms. The SMILES string of the molecule is CC(C)(C)CCN1CC(O)C(C)(C)C1. The molecule has 1 fully saturated rings. The van der Waals surface area contributed by atoms with Gasteiger partial charge in [-0.15, -0.1) is 0 Å². The number of hydrogen-bond donors (Lipinski definition) is 1. The molecule has 2 nitrogen and oxygen atoms in total. The van der Waals surface area contributed by atoms with Crippen LogP contribution in [-0.4, -0.2) is 35.7 Å². The predicted octanol–water partition coefficient (Wildman–Crippen LogP) is 2.13. The number of nitrogens with zero attached hydrogens (tertiary/aromatic N) is 1. The van der Waals surface area contributed by atoms with Crippen molar-refractivity contribution in [2.45, 2.75) is 47.1 Å². The minimum absolute atomic E-state index is 0.0812. The maximum atomic E-state index is 9.82. The van der Waals surface area contributed by atoms with Crippen LogP contribution in [0.3, 0.4) is 0 Å². The number of rotatable bonds is 2. The number of β-amino-alcohol motifs (C(OH)–C–C–N with tert-alkyl or cyclic N) is 1. The molecule has 84 valence electrons. The van der Waals surface area contributed by atoms with E-state index in [0.717, 1.165) is 19.6 Å². The number of likely N-dealkylation sites (tertiary alicyclic amines) is 1. The fraction of sp³-hybridized carbons (Fsp3) is 1.00. The lowest BCUT2D eigenvalue weighted by Crippen LogP contribution is -2.27. The molecule has 2 heteroatoms. The van der Waals surface area contributed by atoms with Gasteiger partial charge in [0.25, 0.3) is 0 Å². The van der Waals surface area contributed by atoms with E-state index in [-0.39, 0.29) is 11.5 Å². The molecule has 1 aliphatic heterocycles. The zero-order valence-electron chi connectivity index (χ0n) is 10.3. The number of hydrogen-bond acceptors (Lipinski definition) is 2. The second kappa shape index (κ2) is 3.82. The van der Waals surface area contributed by atoms with Crippen LogP contribution in [0.2, 0.25) is 0 Å². The molecule has 1 saturated heterocycles. The summed E-state index contributed by atoms with van der Waals surface area (Å²) in [5.41, 5.74) is 0.482. The zero-order chi connectivity index (χ0) is 11.0. The largest absolute Gasteiger partial charge is 0.391 e. The third-order valence-electron chi connectivity index (χ3n) is 3.14. The van der Waals surface area contributed by atoms with E-state index in [1.165, 1.54) is 6.42 Å². The Hall–Kier alpha value is -0.0800. The first-order valence-corrected chi connectivity index (χ1v) is 5.61. The molecule has 1 heterocycles. The molecule has 1 N–H and O–H groups in total. The highest BCUT2D eigenvalue weighted by atomic mass is 16.3. The molecule has 1 unspecified atom stereocenters. The van der Waals surface area contributed by atoms with E-state index >= 15 is 0 Å². The van der Waals surface area contributed by atoms with Crippen molar-refractivity contribution in [3.05, 3.63) is 0 Å². The van der Waals surface area contributed by atoms with Gasteiger partial charge in [0, 0.05) is 18.5 Å². The quantitative estimate of drug-likeness (QED) is 0.736. The molecule has 14 heavy (non-hydrogen) atoms. The Morgan fingerprint density at radius 3 is 2.29 bits per heavy atom. The van der Waals surface area contributed by atoms with Gasteiger partial charge in [0.15, 0.2) is 0 Å². The van der Waals surface area contributed by atoms with Crippen molar-refractivity contribution < 1.29 is 5.11 Å². The molecule has 0 amide bonds. The highest BCUT2D eigenvalue weighted by Gasteiger charge is 2.37. The van der Waals surface area contributed by atoms with Gasteiger partial charge in [0.2, 0.25) is 0 Å². The van der Waals surface area contributed by atoms with Crippen LogP contribution in [0.4, 0.5) is 0 Å². The first-order valence-electron chi connectivity index (χ1n) is 5.61. The van der Waals surface area contributed by atoms with Crippen molar-refractivity contribution in [3.8, 4) is 0 Å². The second-order valence-electron chi connectivity index (χ2n) is 6.55. The fourth-order valence-corrected chi connectivity index (χ4v) is 1.90. The van der Waals surface area contributed by atoms with Gasteiger partial charge in [-0.1, -0.05) is 34.6 Å². The van der Waals surface area contributed by atoms with E-state index in [9.17, 15) is 5.11 Å². The molecule has 1 rings (SSSR count). The van der Waals surface area contributed by atoms with Gasteiger partial charge >= 0.3 is 0 Å². The summed E-state index contributed by atoms with van der Waals surface area (Å²) in [6.07, 6.45) is 1.05. The molecule has 1 aliphatic rings. The van der Waals surface area contributed by atoms with E-state index in [0.29, 0.717) is 5.41 Å². The Labute approximate surface area is 88.3 Å². The molecule has 0 bridgehead atoms. The molecular weight excluding hydrogens is 174 g/mol. The molecule has 0 aromatic heterocycles. The van der Waals surface area contributed by atoms with Gasteiger partial charge in [-0.25, -0.2) is 0 Å². The van der Waals surface area contributed by atoms with Crippen LogP contribution < -0.4 is 0 Å². The van der Waals surface area contributed by atoms with Crippen LogP contribution in [0.15, 0.2) is 0 Å². The van der Waals surface area contributed by atoms with Gasteiger partial charge in [-0.05, 0) is 18.4 Å². The van der Waals surface area contributed by atoms with E-state index in [2.05, 4.69) is 39.5 Å². The van der Waals surface area contributed by atoms with Gasteiger partial charge in [0.05, 0.1) is 6.10 Å². The normalized spacial score (nSPS) is 28.3. The number of aliphatic hydroxyl groups excluding tert-OH is 1. The first-order chi connectivity index (χ1) is 6.21. The Balaban J connectivity index is 2.36. The van der Waals surface area contributed by atoms with Gasteiger partial charge < -0.3 is 10.0 Å². The van der Waals surface area contributed by atoms with E-state index in [1.807, 2.05) is 0 Å². The van der Waals surface area contributed by atoms with Crippen molar-refractivity contribution in [3.63, 3.8) is 0 Å². The predicted molar refractivity (Wildman–Crippen MR) is 60.3 cm³/mol. The smallest absolute Gasteiger partial charge is 0.0730 e. The lowest BCUT2D eigenvalue weighted by Gasteiger charge is -2.24. The van der Waals surface area contributed by atoms with Crippen molar-refractivity contribution in [2.75, 3.05) is 19.6 Å². The van der Waals surface area contributed by atoms with Crippen molar-refractivity contribution in [2.24, 2.45) is 10.8 Å². The van der Waals surface area contributed by atoms with Crippen LogP contribution in [-0.2, 0) is 0 Å². The van der Waals surface area contributed by atoms with Gasteiger partial charge in [0.1, 0.15) is 0 Å². The van der Waals surface area contributed by atoms with Gasteiger partial charge in [-0.3, -0.25) is 0 Å². The lowest BCUT2D eigenvalue weighted by atomic mass is 9.90. The van der Waals surface area contributed by atoms with Crippen molar-refractivity contribution in [1.29, 1.82) is 0 Å². The van der Waals surface area contributed by atoms with Crippen LogP contribution in [0, 0.1) is 10.8 Å². The summed E-state index contributed by atoms with van der Waals surface area (Å²) < 4.78 is 0. The second-order valence-corrected chi connectivity index (χ2v) is 6.55. The molecule has 0 aromatic carbocycles.